The lowest BCUT2D eigenvalue weighted by molar-refractivity contribution is 0.0685. The molecule has 0 bridgehead atoms. The summed E-state index contributed by atoms with van der Waals surface area (Å²) in [6.45, 7) is 0. The number of rotatable bonds is 2. The maximum Gasteiger partial charge on any atom is 0.354 e. The van der Waals surface area contributed by atoms with Gasteiger partial charge in [0.15, 0.2) is 0 Å². The van der Waals surface area contributed by atoms with Crippen LogP contribution < -0.4 is 0 Å². The molecule has 6 nitrogen and oxygen atoms in total. The van der Waals surface area contributed by atoms with Crippen LogP contribution in [0, 0.1) is 0 Å². The van der Waals surface area contributed by atoms with E-state index in [2.05, 4.69) is 10.1 Å². The highest BCUT2D eigenvalue weighted by Crippen LogP contribution is 2.30. The molecule has 3 N–H and O–H groups in total. The van der Waals surface area contributed by atoms with Gasteiger partial charge >= 0.3 is 5.97 Å². The van der Waals surface area contributed by atoms with Crippen LogP contribution in [0.15, 0.2) is 30.5 Å². The summed E-state index contributed by atoms with van der Waals surface area (Å²) in [6.07, 6.45) is 1.75. The maximum atomic E-state index is 11.0. The van der Waals surface area contributed by atoms with Crippen LogP contribution in [0.3, 0.4) is 0 Å². The van der Waals surface area contributed by atoms with Crippen molar-refractivity contribution in [3.63, 3.8) is 0 Å². The monoisotopic (exact) mass is 257 g/mol. The van der Waals surface area contributed by atoms with Crippen LogP contribution >= 0.6 is 0 Å². The van der Waals surface area contributed by atoms with E-state index in [0.717, 1.165) is 16.5 Å². The number of hydrogen-bond acceptors (Lipinski definition) is 3. The SMILES string of the molecule is Cn1nc(-c2c[nH]c3ccc(O)cc23)cc1C(=O)O. The number of fused-ring (bicyclic) bond motifs is 1. The number of nitrogens with one attached hydrogen (secondary N) is 1. The quantitative estimate of drug-likeness (QED) is 0.654. The van der Waals surface area contributed by atoms with Crippen LogP contribution in [0.5, 0.6) is 5.75 Å². The van der Waals surface area contributed by atoms with Crippen LogP contribution in [-0.4, -0.2) is 30.9 Å². The first-order valence-electron chi connectivity index (χ1n) is 5.64. The zero-order chi connectivity index (χ0) is 13.6. The van der Waals surface area contributed by atoms with Crippen LogP contribution in [-0.2, 0) is 7.05 Å². The minimum atomic E-state index is -1.02. The van der Waals surface area contributed by atoms with E-state index in [9.17, 15) is 9.90 Å². The molecule has 0 aliphatic carbocycles. The smallest absolute Gasteiger partial charge is 0.354 e. The fourth-order valence-electron chi connectivity index (χ4n) is 2.12. The molecule has 0 saturated carbocycles. The number of carbonyl (C=O) groups is 1. The summed E-state index contributed by atoms with van der Waals surface area (Å²) >= 11 is 0. The van der Waals surface area contributed by atoms with Crippen molar-refractivity contribution in [1.82, 2.24) is 14.8 Å². The molecular weight excluding hydrogens is 246 g/mol. The van der Waals surface area contributed by atoms with Gasteiger partial charge in [-0.05, 0) is 24.3 Å². The van der Waals surface area contributed by atoms with E-state index >= 15 is 0 Å². The summed E-state index contributed by atoms with van der Waals surface area (Å²) in [6, 6.07) is 6.48. The Morgan fingerprint density at radius 3 is 2.84 bits per heavy atom. The second-order valence-electron chi connectivity index (χ2n) is 4.28. The molecule has 96 valence electrons. The number of aromatic amines is 1. The number of aromatic hydroxyl groups is 1. The van der Waals surface area contributed by atoms with Gasteiger partial charge in [-0.2, -0.15) is 5.10 Å². The Morgan fingerprint density at radius 1 is 1.37 bits per heavy atom. The molecule has 0 unspecified atom stereocenters. The molecule has 0 aliphatic heterocycles. The number of nitrogens with zero attached hydrogens (tertiary/aromatic N) is 2. The fraction of sp³-hybridized carbons (Fsp3) is 0.0769. The Balaban J connectivity index is 2.21. The number of H-pyrrole nitrogens is 1. The average molecular weight is 257 g/mol. The molecule has 0 spiro atoms. The van der Waals surface area contributed by atoms with Gasteiger partial charge in [-0.25, -0.2) is 4.79 Å². The number of carboxylic acids is 1. The molecule has 1 aromatic carbocycles. The van der Waals surface area contributed by atoms with Crippen molar-refractivity contribution in [2.45, 2.75) is 0 Å². The van der Waals surface area contributed by atoms with E-state index < -0.39 is 5.97 Å². The molecule has 0 aliphatic rings. The lowest BCUT2D eigenvalue weighted by Crippen LogP contribution is -2.04. The molecule has 3 rings (SSSR count). The van der Waals surface area contributed by atoms with E-state index in [1.807, 2.05) is 0 Å². The summed E-state index contributed by atoms with van der Waals surface area (Å²) in [5.41, 5.74) is 2.28. The minimum Gasteiger partial charge on any atom is -0.508 e. The number of aromatic nitrogens is 3. The Kier molecular flexibility index (Phi) is 2.31. The summed E-state index contributed by atoms with van der Waals surface area (Å²) in [5.74, 6) is -0.869. The first-order valence-corrected chi connectivity index (χ1v) is 5.64. The van der Waals surface area contributed by atoms with E-state index in [1.165, 1.54) is 10.7 Å². The summed E-state index contributed by atoms with van der Waals surface area (Å²) in [5, 5.41) is 23.5. The van der Waals surface area contributed by atoms with Crippen molar-refractivity contribution in [3.8, 4) is 17.0 Å². The largest absolute Gasteiger partial charge is 0.508 e. The van der Waals surface area contributed by atoms with Crippen molar-refractivity contribution < 1.29 is 15.0 Å². The molecule has 0 radical (unpaired) electrons. The van der Waals surface area contributed by atoms with Gasteiger partial charge in [-0.3, -0.25) is 4.68 Å². The van der Waals surface area contributed by atoms with E-state index in [0.29, 0.717) is 5.69 Å². The molecule has 0 amide bonds. The van der Waals surface area contributed by atoms with Crippen LogP contribution in [0.25, 0.3) is 22.2 Å². The van der Waals surface area contributed by atoms with Crippen LogP contribution in [0.4, 0.5) is 0 Å². The number of phenolic OH excluding ortho intramolecular Hbond substituents is 1. The standard InChI is InChI=1S/C13H11N3O3/c1-16-12(13(18)19)5-11(15-16)9-6-14-10-3-2-7(17)4-8(9)10/h2-6,14,17H,1H3,(H,18,19). The Hall–Kier alpha value is -2.76. The highest BCUT2D eigenvalue weighted by molar-refractivity contribution is 5.96. The molecule has 6 heteroatoms. The highest BCUT2D eigenvalue weighted by Gasteiger charge is 2.15. The lowest BCUT2D eigenvalue weighted by atomic mass is 10.1. The Labute approximate surface area is 107 Å². The van der Waals surface area contributed by atoms with Gasteiger partial charge < -0.3 is 15.2 Å². The van der Waals surface area contributed by atoms with E-state index in [1.54, 1.807) is 31.4 Å². The molecule has 0 atom stereocenters. The van der Waals surface area contributed by atoms with Gasteiger partial charge in [0.2, 0.25) is 0 Å². The topological polar surface area (TPSA) is 91.1 Å². The average Bonchev–Trinajstić information content (AvgIpc) is 2.91. The van der Waals surface area contributed by atoms with E-state index in [4.69, 9.17) is 5.11 Å². The number of carboxylic acid groups (broad SMARTS) is 1. The van der Waals surface area contributed by atoms with Gasteiger partial charge in [-0.15, -0.1) is 0 Å². The van der Waals surface area contributed by atoms with E-state index in [-0.39, 0.29) is 11.4 Å². The highest BCUT2D eigenvalue weighted by atomic mass is 16.4. The van der Waals surface area contributed by atoms with Crippen molar-refractivity contribution in [3.05, 3.63) is 36.2 Å². The second-order valence-corrected chi connectivity index (χ2v) is 4.28. The minimum absolute atomic E-state index is 0.115. The number of hydrogen-bond donors (Lipinski definition) is 3. The Morgan fingerprint density at radius 2 is 2.16 bits per heavy atom. The van der Waals surface area contributed by atoms with Gasteiger partial charge in [0, 0.05) is 29.7 Å². The van der Waals surface area contributed by atoms with Gasteiger partial charge in [0.05, 0.1) is 5.69 Å². The zero-order valence-electron chi connectivity index (χ0n) is 10.1. The second kappa shape index (κ2) is 3.88. The van der Waals surface area contributed by atoms with Gasteiger partial charge in [0.1, 0.15) is 11.4 Å². The van der Waals surface area contributed by atoms with Crippen molar-refractivity contribution in [2.24, 2.45) is 7.05 Å². The van der Waals surface area contributed by atoms with Crippen LogP contribution in [0.2, 0.25) is 0 Å². The molecule has 2 heterocycles. The lowest BCUT2D eigenvalue weighted by Gasteiger charge is -1.95. The number of benzene rings is 1. The van der Waals surface area contributed by atoms with Gasteiger partial charge in [0.25, 0.3) is 0 Å². The first-order chi connectivity index (χ1) is 9.06. The van der Waals surface area contributed by atoms with Crippen molar-refractivity contribution in [1.29, 1.82) is 0 Å². The fourth-order valence-corrected chi connectivity index (χ4v) is 2.12. The van der Waals surface area contributed by atoms with Crippen molar-refractivity contribution >= 4 is 16.9 Å². The molecular formula is C13H11N3O3. The van der Waals surface area contributed by atoms with Gasteiger partial charge in [-0.1, -0.05) is 0 Å². The third-order valence-corrected chi connectivity index (χ3v) is 3.04. The van der Waals surface area contributed by atoms with Crippen molar-refractivity contribution in [2.75, 3.05) is 0 Å². The number of aromatic carboxylic acids is 1. The predicted octanol–water partition coefficient (Wildman–Crippen LogP) is 1.97. The molecule has 0 fully saturated rings. The molecule has 19 heavy (non-hydrogen) atoms. The Bertz CT molecular complexity index is 786. The number of phenols is 1. The third kappa shape index (κ3) is 1.74. The first kappa shape index (κ1) is 11.3. The summed E-state index contributed by atoms with van der Waals surface area (Å²) in [7, 11) is 1.58. The normalized spacial score (nSPS) is 11.0. The molecule has 3 aromatic rings. The van der Waals surface area contributed by atoms with Crippen LogP contribution in [0.1, 0.15) is 10.5 Å². The number of aryl methyl sites for hydroxylation is 1. The summed E-state index contributed by atoms with van der Waals surface area (Å²) < 4.78 is 1.32. The third-order valence-electron chi connectivity index (χ3n) is 3.04. The predicted molar refractivity (Wildman–Crippen MR) is 69.1 cm³/mol. The molecule has 0 saturated heterocycles. The summed E-state index contributed by atoms with van der Waals surface area (Å²) in [4.78, 5) is 14.1. The zero-order valence-corrected chi connectivity index (χ0v) is 10.1. The molecule has 2 aromatic heterocycles. The maximum absolute atomic E-state index is 11.0.